The minimum absolute atomic E-state index is 0.0639. The number of para-hydroxylation sites is 2. The summed E-state index contributed by atoms with van der Waals surface area (Å²) in [6.07, 6.45) is 0. The zero-order chi connectivity index (χ0) is 25.1. The monoisotopic (exact) mass is 503 g/mol. The van der Waals surface area contributed by atoms with Gasteiger partial charge in [0.1, 0.15) is 5.52 Å². The Morgan fingerprint density at radius 1 is 1.06 bits per heavy atom. The minimum Gasteiger partial charge on any atom is -0.436 e. The second kappa shape index (κ2) is 10.1. The lowest BCUT2D eigenvalue weighted by Gasteiger charge is -2.30. The van der Waals surface area contributed by atoms with Crippen LogP contribution in [0, 0.1) is 10.1 Å². The van der Waals surface area contributed by atoms with Crippen LogP contribution in [0.1, 0.15) is 10.4 Å². The summed E-state index contributed by atoms with van der Waals surface area (Å²) in [4.78, 5) is 30.3. The highest BCUT2D eigenvalue weighted by atomic mass is 32.1. The molecule has 0 bridgehead atoms. The summed E-state index contributed by atoms with van der Waals surface area (Å²) >= 11 is 5.32. The van der Waals surface area contributed by atoms with Gasteiger partial charge >= 0.3 is 0 Å². The standard InChI is InChI=1S/C25H21N5O5S/c31-23(19-15-18(30(32)33)9-10-21(19)29-11-13-34-14-12-29)28-25(36)26-17-7-5-16(6-8-17)24-27-20-3-1-2-4-22(20)35-24/h1-10,15H,11-14H2,(H2,26,28,31,36). The molecule has 2 N–H and O–H groups in total. The third-order valence-corrected chi connectivity index (χ3v) is 5.90. The summed E-state index contributed by atoms with van der Waals surface area (Å²) in [6.45, 7) is 2.18. The zero-order valence-electron chi connectivity index (χ0n) is 19.0. The van der Waals surface area contributed by atoms with Crippen LogP contribution in [0.25, 0.3) is 22.6 Å². The Balaban J connectivity index is 1.29. The number of non-ortho nitro benzene ring substituents is 1. The average molecular weight is 504 g/mol. The smallest absolute Gasteiger partial charge is 0.270 e. The first-order valence-corrected chi connectivity index (χ1v) is 11.6. The van der Waals surface area contributed by atoms with Crippen LogP contribution in [0.3, 0.4) is 0 Å². The van der Waals surface area contributed by atoms with Gasteiger partial charge in [0, 0.05) is 36.5 Å². The number of anilines is 2. The van der Waals surface area contributed by atoms with Crippen LogP contribution in [0.2, 0.25) is 0 Å². The number of nitrogens with zero attached hydrogens (tertiary/aromatic N) is 3. The van der Waals surface area contributed by atoms with E-state index in [1.54, 1.807) is 18.2 Å². The van der Waals surface area contributed by atoms with E-state index in [1.807, 2.05) is 41.3 Å². The van der Waals surface area contributed by atoms with Crippen LogP contribution in [-0.4, -0.2) is 47.2 Å². The van der Waals surface area contributed by atoms with Crippen molar-refractivity contribution >= 4 is 51.4 Å². The van der Waals surface area contributed by atoms with Crippen LogP contribution in [0.4, 0.5) is 17.1 Å². The predicted octanol–water partition coefficient (Wildman–Crippen LogP) is 4.37. The quantitative estimate of drug-likeness (QED) is 0.232. The summed E-state index contributed by atoms with van der Waals surface area (Å²) < 4.78 is 11.2. The molecule has 5 rings (SSSR count). The molecular formula is C25H21N5O5S. The van der Waals surface area contributed by atoms with E-state index >= 15 is 0 Å². The van der Waals surface area contributed by atoms with Gasteiger partial charge in [-0.2, -0.15) is 0 Å². The fourth-order valence-corrected chi connectivity index (χ4v) is 4.13. The molecule has 4 aromatic rings. The van der Waals surface area contributed by atoms with Crippen molar-refractivity contribution in [2.24, 2.45) is 0 Å². The first-order chi connectivity index (χ1) is 17.5. The van der Waals surface area contributed by atoms with E-state index in [1.165, 1.54) is 12.1 Å². The maximum absolute atomic E-state index is 13.1. The van der Waals surface area contributed by atoms with Crippen LogP contribution in [-0.2, 0) is 4.74 Å². The van der Waals surface area contributed by atoms with Crippen molar-refractivity contribution in [2.75, 3.05) is 36.5 Å². The van der Waals surface area contributed by atoms with Gasteiger partial charge in [0.2, 0.25) is 5.89 Å². The van der Waals surface area contributed by atoms with Crippen LogP contribution >= 0.6 is 12.2 Å². The molecular weight excluding hydrogens is 482 g/mol. The number of aromatic nitrogens is 1. The molecule has 1 aromatic heterocycles. The fourth-order valence-electron chi connectivity index (χ4n) is 3.92. The van der Waals surface area contributed by atoms with Gasteiger partial charge in [0.15, 0.2) is 10.7 Å². The topological polar surface area (TPSA) is 123 Å². The largest absolute Gasteiger partial charge is 0.436 e. The van der Waals surface area contributed by atoms with Crippen molar-refractivity contribution in [3.63, 3.8) is 0 Å². The first-order valence-electron chi connectivity index (χ1n) is 11.2. The van der Waals surface area contributed by atoms with Gasteiger partial charge in [-0.3, -0.25) is 20.2 Å². The molecule has 10 nitrogen and oxygen atoms in total. The molecule has 36 heavy (non-hydrogen) atoms. The van der Waals surface area contributed by atoms with Gasteiger partial charge in [-0.25, -0.2) is 4.98 Å². The number of carbonyl (C=O) groups is 1. The Hall–Kier alpha value is -4.35. The summed E-state index contributed by atoms with van der Waals surface area (Å²) in [5.41, 5.74) is 3.50. The first kappa shape index (κ1) is 23.4. The number of benzene rings is 3. The molecule has 0 atom stereocenters. The number of carbonyl (C=O) groups excluding carboxylic acids is 1. The highest BCUT2D eigenvalue weighted by Gasteiger charge is 2.22. The minimum atomic E-state index is -0.541. The SMILES string of the molecule is O=C(NC(=S)Nc1ccc(-c2nc3ccccc3o2)cc1)c1cc([N+](=O)[O-])ccc1N1CCOCC1. The van der Waals surface area contributed by atoms with Crippen molar-refractivity contribution in [3.8, 4) is 11.5 Å². The summed E-state index contributed by atoms with van der Waals surface area (Å²) in [6, 6.07) is 19.0. The van der Waals surface area contributed by atoms with E-state index in [0.717, 1.165) is 11.1 Å². The van der Waals surface area contributed by atoms with Crippen molar-refractivity contribution < 1.29 is 18.9 Å². The van der Waals surface area contributed by atoms with Crippen molar-refractivity contribution in [3.05, 3.63) is 82.4 Å². The third-order valence-electron chi connectivity index (χ3n) is 5.70. The molecule has 0 saturated carbocycles. The molecule has 1 saturated heterocycles. The highest BCUT2D eigenvalue weighted by molar-refractivity contribution is 7.80. The number of fused-ring (bicyclic) bond motifs is 1. The number of rotatable bonds is 5. The van der Waals surface area contributed by atoms with Gasteiger partial charge in [-0.1, -0.05) is 12.1 Å². The molecule has 182 valence electrons. The van der Waals surface area contributed by atoms with Crippen molar-refractivity contribution in [1.82, 2.24) is 10.3 Å². The lowest BCUT2D eigenvalue weighted by atomic mass is 10.1. The number of nitro benzene ring substituents is 1. The van der Waals surface area contributed by atoms with Gasteiger partial charge in [-0.15, -0.1) is 0 Å². The van der Waals surface area contributed by atoms with E-state index in [0.29, 0.717) is 49.2 Å². The van der Waals surface area contributed by atoms with Crippen LogP contribution in [0.15, 0.2) is 71.1 Å². The molecule has 0 spiro atoms. The van der Waals surface area contributed by atoms with Crippen molar-refractivity contribution in [1.29, 1.82) is 0 Å². The normalized spacial score (nSPS) is 13.4. The van der Waals surface area contributed by atoms with Crippen LogP contribution in [0.5, 0.6) is 0 Å². The molecule has 1 fully saturated rings. The Morgan fingerprint density at radius 3 is 2.53 bits per heavy atom. The molecule has 3 aromatic carbocycles. The molecule has 0 aliphatic carbocycles. The number of amides is 1. The molecule has 2 heterocycles. The van der Waals surface area contributed by atoms with E-state index in [4.69, 9.17) is 21.4 Å². The number of oxazole rings is 1. The van der Waals surface area contributed by atoms with E-state index in [9.17, 15) is 14.9 Å². The molecule has 1 amide bonds. The number of nitro groups is 1. The van der Waals surface area contributed by atoms with Gasteiger partial charge < -0.3 is 19.4 Å². The van der Waals surface area contributed by atoms with Gasteiger partial charge in [0.05, 0.1) is 29.4 Å². The molecule has 0 unspecified atom stereocenters. The molecule has 0 radical (unpaired) electrons. The molecule has 1 aliphatic heterocycles. The second-order valence-electron chi connectivity index (χ2n) is 8.03. The lowest BCUT2D eigenvalue weighted by molar-refractivity contribution is -0.384. The number of morpholine rings is 1. The number of hydrogen-bond donors (Lipinski definition) is 2. The number of hydrogen-bond acceptors (Lipinski definition) is 8. The predicted molar refractivity (Wildman–Crippen MR) is 139 cm³/mol. The fraction of sp³-hybridized carbons (Fsp3) is 0.160. The Bertz CT molecular complexity index is 1410. The van der Waals surface area contributed by atoms with Crippen LogP contribution < -0.4 is 15.5 Å². The molecule has 1 aliphatic rings. The zero-order valence-corrected chi connectivity index (χ0v) is 19.8. The van der Waals surface area contributed by atoms with Gasteiger partial charge in [0.25, 0.3) is 11.6 Å². The highest BCUT2D eigenvalue weighted by Crippen LogP contribution is 2.27. The second-order valence-corrected chi connectivity index (χ2v) is 8.44. The number of ether oxygens (including phenoxy) is 1. The lowest BCUT2D eigenvalue weighted by Crippen LogP contribution is -2.39. The third kappa shape index (κ3) is 5.02. The Labute approximate surface area is 211 Å². The Morgan fingerprint density at radius 2 is 1.81 bits per heavy atom. The van der Waals surface area contributed by atoms with Gasteiger partial charge in [-0.05, 0) is 54.7 Å². The number of nitrogens with one attached hydrogen (secondary N) is 2. The molecule has 11 heteroatoms. The van der Waals surface area contributed by atoms with E-state index in [2.05, 4.69) is 15.6 Å². The van der Waals surface area contributed by atoms with E-state index in [-0.39, 0.29) is 16.4 Å². The van der Waals surface area contributed by atoms with E-state index < -0.39 is 10.8 Å². The summed E-state index contributed by atoms with van der Waals surface area (Å²) in [5.74, 6) is -0.0410. The summed E-state index contributed by atoms with van der Waals surface area (Å²) in [5, 5.41) is 17.0. The Kier molecular flexibility index (Phi) is 6.56. The maximum atomic E-state index is 13.1. The maximum Gasteiger partial charge on any atom is 0.270 e. The number of thiocarbonyl (C=S) groups is 1. The summed E-state index contributed by atoms with van der Waals surface area (Å²) in [7, 11) is 0. The average Bonchev–Trinajstić information content (AvgIpc) is 3.33. The van der Waals surface area contributed by atoms with Crippen molar-refractivity contribution in [2.45, 2.75) is 0 Å².